The molecule has 0 aromatic heterocycles. The van der Waals surface area contributed by atoms with Gasteiger partial charge in [0.2, 0.25) is 35.4 Å². The summed E-state index contributed by atoms with van der Waals surface area (Å²) in [7, 11) is 0. The van der Waals surface area contributed by atoms with E-state index in [1.807, 2.05) is 0 Å². The van der Waals surface area contributed by atoms with Gasteiger partial charge in [-0.25, -0.2) is 0 Å². The van der Waals surface area contributed by atoms with Gasteiger partial charge >= 0.3 is 11.9 Å². The Bertz CT molecular complexity index is 1150. The topological polar surface area (TPSA) is 272 Å². The molecule has 0 radical (unpaired) electrons. The van der Waals surface area contributed by atoms with Crippen molar-refractivity contribution in [1.82, 2.24) is 25.8 Å². The first-order valence-corrected chi connectivity index (χ1v) is 14.6. The summed E-state index contributed by atoms with van der Waals surface area (Å²) in [5.74, 6) is -7.20. The fourth-order valence-electron chi connectivity index (χ4n) is 5.26. The number of carboxylic acids is 2. The predicted molar refractivity (Wildman–Crippen MR) is 152 cm³/mol. The number of carboxylic acid groups (broad SMARTS) is 2. The van der Waals surface area contributed by atoms with E-state index in [2.05, 4.69) is 16.0 Å². The maximum absolute atomic E-state index is 13.6. The van der Waals surface area contributed by atoms with E-state index in [-0.39, 0.29) is 38.8 Å². The van der Waals surface area contributed by atoms with Crippen molar-refractivity contribution in [3.8, 4) is 0 Å². The van der Waals surface area contributed by atoms with Gasteiger partial charge in [0.05, 0.1) is 12.5 Å². The standard InChI is InChI=1S/C27H43N7O10/c1-13(2)21(32-23(39)18-7-4-10-33(18)25(41)15(28)12-20(36)37)24(40)31-16(8-9-19(29)35)26(42)34-11-5-6-17(34)22(38)30-14(3)27(43)44/h13-18,21H,4-12,28H2,1-3H3,(H2,29,35)(H,30,38)(H,31,40)(H,32,39)(H,36,37)(H,43,44)/t14-,15-,16-,17-,18-,21-/m0/s1. The van der Waals surface area contributed by atoms with Gasteiger partial charge in [0.1, 0.15) is 30.2 Å². The van der Waals surface area contributed by atoms with Crippen molar-refractivity contribution in [2.24, 2.45) is 17.4 Å². The predicted octanol–water partition coefficient (Wildman–Crippen LogP) is -2.75. The number of likely N-dealkylation sites (tertiary alicyclic amines) is 2. The van der Waals surface area contributed by atoms with Gasteiger partial charge < -0.3 is 47.4 Å². The van der Waals surface area contributed by atoms with Crippen LogP contribution in [0.2, 0.25) is 0 Å². The number of carbonyl (C=O) groups excluding carboxylic acids is 6. The Balaban J connectivity index is 2.19. The Morgan fingerprint density at radius 1 is 0.818 bits per heavy atom. The Morgan fingerprint density at radius 2 is 1.34 bits per heavy atom. The summed E-state index contributed by atoms with van der Waals surface area (Å²) in [6.45, 7) is 4.91. The molecule has 2 heterocycles. The Labute approximate surface area is 254 Å². The number of hydrogen-bond acceptors (Lipinski definition) is 9. The molecule has 0 unspecified atom stereocenters. The highest BCUT2D eigenvalue weighted by molar-refractivity contribution is 5.97. The van der Waals surface area contributed by atoms with Crippen molar-refractivity contribution in [3.05, 3.63) is 0 Å². The number of aliphatic carboxylic acids is 2. The summed E-state index contributed by atoms with van der Waals surface area (Å²) in [5, 5.41) is 25.6. The quantitative estimate of drug-likeness (QED) is 0.0980. The van der Waals surface area contributed by atoms with E-state index in [9.17, 15) is 38.4 Å². The fourth-order valence-corrected chi connectivity index (χ4v) is 5.26. The fraction of sp³-hybridized carbons (Fsp3) is 0.704. The lowest BCUT2D eigenvalue weighted by molar-refractivity contribution is -0.145. The molecule has 246 valence electrons. The first-order valence-electron chi connectivity index (χ1n) is 14.6. The van der Waals surface area contributed by atoms with Gasteiger partial charge in [0.25, 0.3) is 0 Å². The molecule has 2 aliphatic rings. The lowest BCUT2D eigenvalue weighted by Crippen LogP contribution is -2.60. The minimum absolute atomic E-state index is 0.154. The van der Waals surface area contributed by atoms with Gasteiger partial charge in [-0.1, -0.05) is 13.8 Å². The van der Waals surface area contributed by atoms with E-state index in [1.165, 1.54) is 16.7 Å². The third-order valence-electron chi connectivity index (χ3n) is 7.66. The van der Waals surface area contributed by atoms with E-state index >= 15 is 0 Å². The number of nitrogens with one attached hydrogen (secondary N) is 3. The number of nitrogens with two attached hydrogens (primary N) is 2. The Kier molecular flexibility index (Phi) is 13.0. The number of carbonyl (C=O) groups is 8. The van der Waals surface area contributed by atoms with E-state index in [0.29, 0.717) is 12.8 Å². The zero-order valence-corrected chi connectivity index (χ0v) is 25.1. The van der Waals surface area contributed by atoms with Crippen LogP contribution < -0.4 is 27.4 Å². The van der Waals surface area contributed by atoms with Crippen LogP contribution in [0.4, 0.5) is 0 Å². The molecule has 2 aliphatic heterocycles. The van der Waals surface area contributed by atoms with Gasteiger partial charge in [-0.05, 0) is 44.9 Å². The molecule has 2 fully saturated rings. The van der Waals surface area contributed by atoms with Crippen molar-refractivity contribution in [1.29, 1.82) is 0 Å². The molecule has 0 saturated carbocycles. The first-order chi connectivity index (χ1) is 20.5. The highest BCUT2D eigenvalue weighted by Gasteiger charge is 2.41. The van der Waals surface area contributed by atoms with Gasteiger partial charge in [0.15, 0.2) is 0 Å². The second kappa shape index (κ2) is 16.0. The molecule has 2 saturated heterocycles. The molecular weight excluding hydrogens is 582 g/mol. The number of rotatable bonds is 15. The molecule has 0 spiro atoms. The van der Waals surface area contributed by atoms with Crippen LogP contribution in [0.25, 0.3) is 0 Å². The molecule has 0 aromatic rings. The van der Waals surface area contributed by atoms with Crippen LogP contribution in [0, 0.1) is 5.92 Å². The molecule has 17 heteroatoms. The number of hydrogen-bond donors (Lipinski definition) is 7. The van der Waals surface area contributed by atoms with Crippen molar-refractivity contribution in [2.45, 2.75) is 102 Å². The average molecular weight is 626 g/mol. The minimum Gasteiger partial charge on any atom is -0.481 e. The zero-order chi connectivity index (χ0) is 33.3. The lowest BCUT2D eigenvalue weighted by atomic mass is 10.0. The van der Waals surface area contributed by atoms with Crippen molar-refractivity contribution < 1.29 is 48.6 Å². The average Bonchev–Trinajstić information content (AvgIpc) is 3.62. The van der Waals surface area contributed by atoms with Crippen molar-refractivity contribution in [3.63, 3.8) is 0 Å². The first kappa shape index (κ1) is 35.9. The normalized spacial score (nSPS) is 20.8. The van der Waals surface area contributed by atoms with E-state index in [1.54, 1.807) is 13.8 Å². The number of nitrogens with zero attached hydrogens (tertiary/aromatic N) is 2. The summed E-state index contributed by atoms with van der Waals surface area (Å²) in [6.07, 6.45) is 0.355. The SMILES string of the molecule is CC(C)[C@H](NC(=O)[C@@H]1CCCN1C(=O)[C@@H](N)CC(=O)O)C(=O)N[C@@H](CCC(N)=O)C(=O)N1CCC[C@H]1C(=O)N[C@@H](C)C(=O)O. The van der Waals surface area contributed by atoms with Gasteiger partial charge in [-0.3, -0.25) is 38.4 Å². The molecular formula is C27H43N7O10. The summed E-state index contributed by atoms with van der Waals surface area (Å²) in [4.78, 5) is 102. The van der Waals surface area contributed by atoms with Gasteiger partial charge in [0, 0.05) is 19.5 Å². The van der Waals surface area contributed by atoms with Crippen LogP contribution in [0.5, 0.6) is 0 Å². The molecule has 2 rings (SSSR count). The highest BCUT2D eigenvalue weighted by atomic mass is 16.4. The van der Waals surface area contributed by atoms with Crippen LogP contribution >= 0.6 is 0 Å². The Hall–Kier alpha value is -4.28. The second-order valence-corrected chi connectivity index (χ2v) is 11.4. The van der Waals surface area contributed by atoms with E-state index < -0.39 is 96.0 Å². The van der Waals surface area contributed by atoms with Crippen LogP contribution in [0.1, 0.15) is 65.7 Å². The van der Waals surface area contributed by atoms with E-state index in [0.717, 1.165) is 0 Å². The summed E-state index contributed by atoms with van der Waals surface area (Å²) in [6, 6.07) is -6.98. The molecule has 17 nitrogen and oxygen atoms in total. The van der Waals surface area contributed by atoms with E-state index in [4.69, 9.17) is 21.7 Å². The van der Waals surface area contributed by atoms with Crippen molar-refractivity contribution in [2.75, 3.05) is 13.1 Å². The number of amides is 6. The maximum atomic E-state index is 13.6. The second-order valence-electron chi connectivity index (χ2n) is 11.4. The third-order valence-corrected chi connectivity index (χ3v) is 7.66. The van der Waals surface area contributed by atoms with Gasteiger partial charge in [-0.15, -0.1) is 0 Å². The van der Waals surface area contributed by atoms with Crippen LogP contribution in [-0.2, 0) is 38.4 Å². The zero-order valence-electron chi connectivity index (χ0n) is 25.1. The highest BCUT2D eigenvalue weighted by Crippen LogP contribution is 2.21. The van der Waals surface area contributed by atoms with Crippen LogP contribution in [0.3, 0.4) is 0 Å². The molecule has 6 atom stereocenters. The summed E-state index contributed by atoms with van der Waals surface area (Å²) >= 11 is 0. The third kappa shape index (κ3) is 9.62. The monoisotopic (exact) mass is 625 g/mol. The molecule has 0 aromatic carbocycles. The van der Waals surface area contributed by atoms with Crippen LogP contribution in [0.15, 0.2) is 0 Å². The van der Waals surface area contributed by atoms with Gasteiger partial charge in [-0.2, -0.15) is 0 Å². The molecule has 9 N–H and O–H groups in total. The Morgan fingerprint density at radius 3 is 1.82 bits per heavy atom. The summed E-state index contributed by atoms with van der Waals surface area (Å²) < 4.78 is 0. The molecule has 6 amide bonds. The largest absolute Gasteiger partial charge is 0.481 e. The summed E-state index contributed by atoms with van der Waals surface area (Å²) in [5.41, 5.74) is 11.0. The van der Waals surface area contributed by atoms with Crippen LogP contribution in [-0.4, -0.2) is 117 Å². The minimum atomic E-state index is -1.34. The van der Waals surface area contributed by atoms with Crippen molar-refractivity contribution >= 4 is 47.4 Å². The lowest BCUT2D eigenvalue weighted by Gasteiger charge is -2.31. The maximum Gasteiger partial charge on any atom is 0.325 e. The smallest absolute Gasteiger partial charge is 0.325 e. The molecule has 44 heavy (non-hydrogen) atoms. The molecule has 0 bridgehead atoms. The number of primary amides is 1. The molecule has 0 aliphatic carbocycles.